The number of hydrogen-bond donors (Lipinski definition) is 1. The van der Waals surface area contributed by atoms with Gasteiger partial charge in [0.15, 0.2) is 0 Å². The highest BCUT2D eigenvalue weighted by Gasteiger charge is 2.55. The molecule has 10 heteroatoms. The Balaban J connectivity index is 1.07. The Morgan fingerprint density at radius 1 is 0.949 bits per heavy atom. The minimum absolute atomic E-state index is 0.0459. The molecule has 3 fully saturated rings. The molecule has 2 heterocycles. The van der Waals surface area contributed by atoms with Crippen molar-refractivity contribution in [1.82, 2.24) is 15.1 Å². The number of carbonyl (C=O) groups is 2. The van der Waals surface area contributed by atoms with Gasteiger partial charge in [-0.15, -0.1) is 13.2 Å². The number of hydrogen-bond acceptors (Lipinski definition) is 5. The second kappa shape index (κ2) is 10.9. The van der Waals surface area contributed by atoms with Crippen molar-refractivity contribution in [2.75, 3.05) is 51.2 Å². The molecule has 2 aromatic carbocycles. The third-order valence-corrected chi connectivity index (χ3v) is 8.10. The molecule has 1 spiro atoms. The topological polar surface area (TPSA) is 65.1 Å². The lowest BCUT2D eigenvalue weighted by atomic mass is 9.92. The smallest absolute Gasteiger partial charge is 0.406 e. The van der Waals surface area contributed by atoms with Crippen molar-refractivity contribution in [3.05, 3.63) is 65.7 Å². The number of piperidine rings is 1. The molecule has 7 nitrogen and oxygen atoms in total. The van der Waals surface area contributed by atoms with Crippen molar-refractivity contribution in [3.63, 3.8) is 0 Å². The summed E-state index contributed by atoms with van der Waals surface area (Å²) in [6.45, 7) is 5.24. The molecule has 0 radical (unpaired) electrons. The summed E-state index contributed by atoms with van der Waals surface area (Å²) in [7, 11) is 2.13. The van der Waals surface area contributed by atoms with Gasteiger partial charge in [0.25, 0.3) is 5.91 Å². The molecule has 2 amide bonds. The van der Waals surface area contributed by atoms with E-state index in [2.05, 4.69) is 26.9 Å². The third kappa shape index (κ3) is 6.73. The largest absolute Gasteiger partial charge is 0.573 e. The summed E-state index contributed by atoms with van der Waals surface area (Å²) in [5.41, 5.74) is 2.45. The summed E-state index contributed by atoms with van der Waals surface area (Å²) in [5.74, 6) is -0.502. The van der Waals surface area contributed by atoms with Gasteiger partial charge in [-0.2, -0.15) is 0 Å². The zero-order chi connectivity index (χ0) is 27.6. The second-order valence-corrected chi connectivity index (χ2v) is 10.7. The number of alkyl halides is 3. The first kappa shape index (κ1) is 27.1. The van der Waals surface area contributed by atoms with Crippen LogP contribution in [0.25, 0.3) is 6.08 Å². The summed E-state index contributed by atoms with van der Waals surface area (Å²) in [5, 5.41) is 3.19. The van der Waals surface area contributed by atoms with Crippen LogP contribution in [0, 0.1) is 5.41 Å². The Hall–Kier alpha value is -3.53. The lowest BCUT2D eigenvalue weighted by Crippen LogP contribution is -2.44. The SMILES string of the molecule is CN1CCN(c2ccc(C(=O)NC3CC34CCN(C(=O)/C=C/c3ccc(OC(F)(F)F)cc3)CC4)cc2)CC1. The predicted molar refractivity (Wildman–Crippen MR) is 142 cm³/mol. The first-order valence-electron chi connectivity index (χ1n) is 13.3. The summed E-state index contributed by atoms with van der Waals surface area (Å²) < 4.78 is 40.8. The number of ether oxygens (including phenoxy) is 1. The van der Waals surface area contributed by atoms with Gasteiger partial charge in [0, 0.05) is 62.6 Å². The molecule has 2 aliphatic heterocycles. The van der Waals surface area contributed by atoms with Crippen LogP contribution in [0.15, 0.2) is 54.6 Å². The number of rotatable bonds is 6. The van der Waals surface area contributed by atoms with Gasteiger partial charge in [-0.1, -0.05) is 12.1 Å². The van der Waals surface area contributed by atoms with E-state index in [9.17, 15) is 22.8 Å². The monoisotopic (exact) mass is 542 g/mol. The molecule has 5 rings (SSSR count). The van der Waals surface area contributed by atoms with Crippen molar-refractivity contribution in [2.45, 2.75) is 31.7 Å². The van der Waals surface area contributed by atoms with Gasteiger partial charge in [0.05, 0.1) is 0 Å². The maximum atomic E-state index is 12.9. The molecule has 1 saturated carbocycles. The van der Waals surface area contributed by atoms with E-state index < -0.39 is 6.36 Å². The number of benzene rings is 2. The number of piperazine rings is 1. The first-order chi connectivity index (χ1) is 18.6. The average Bonchev–Trinajstić information content (AvgIpc) is 3.58. The van der Waals surface area contributed by atoms with Gasteiger partial charge in [-0.25, -0.2) is 0 Å². The zero-order valence-electron chi connectivity index (χ0n) is 21.9. The quantitative estimate of drug-likeness (QED) is 0.556. The molecular weight excluding hydrogens is 509 g/mol. The standard InChI is InChI=1S/C29H33F3N4O3/c1-34-16-18-35(19-17-34)23-7-5-22(6-8-23)27(38)33-25-20-28(25)12-14-36(15-13-28)26(37)11-4-21-2-9-24(10-3-21)39-29(30,31)32/h2-11,25H,12-20H2,1H3,(H,33,38)/b11-4+. The van der Waals surface area contributed by atoms with Gasteiger partial charge < -0.3 is 24.8 Å². The fourth-order valence-corrected chi connectivity index (χ4v) is 5.46. The average molecular weight is 543 g/mol. The first-order valence-corrected chi connectivity index (χ1v) is 13.3. The molecule has 0 bridgehead atoms. The maximum Gasteiger partial charge on any atom is 0.573 e. The molecule has 1 aliphatic carbocycles. The number of anilines is 1. The fraction of sp³-hybridized carbons (Fsp3) is 0.448. The van der Waals surface area contributed by atoms with Crippen LogP contribution in [-0.4, -0.2) is 80.3 Å². The van der Waals surface area contributed by atoms with Crippen LogP contribution in [-0.2, 0) is 4.79 Å². The summed E-state index contributed by atoms with van der Waals surface area (Å²) in [4.78, 5) is 31.9. The normalized spacial score (nSPS) is 21.3. The van der Waals surface area contributed by atoms with Gasteiger partial charge in [0.1, 0.15) is 5.75 Å². The molecule has 1 N–H and O–H groups in total. The van der Waals surface area contributed by atoms with Crippen LogP contribution in [0.4, 0.5) is 18.9 Å². The van der Waals surface area contributed by atoms with E-state index in [1.807, 2.05) is 24.3 Å². The van der Waals surface area contributed by atoms with E-state index >= 15 is 0 Å². The highest BCUT2D eigenvalue weighted by Crippen LogP contribution is 2.54. The van der Waals surface area contributed by atoms with Crippen LogP contribution < -0.4 is 15.0 Å². The molecule has 2 saturated heterocycles. The van der Waals surface area contributed by atoms with Crippen molar-refractivity contribution in [3.8, 4) is 5.75 Å². The van der Waals surface area contributed by atoms with Crippen LogP contribution >= 0.6 is 0 Å². The highest BCUT2D eigenvalue weighted by atomic mass is 19.4. The molecule has 208 valence electrons. The summed E-state index contributed by atoms with van der Waals surface area (Å²) >= 11 is 0. The number of halogens is 3. The third-order valence-electron chi connectivity index (χ3n) is 8.10. The van der Waals surface area contributed by atoms with Crippen molar-refractivity contribution < 1.29 is 27.5 Å². The van der Waals surface area contributed by atoms with E-state index in [-0.39, 0.29) is 29.0 Å². The molecule has 2 aromatic rings. The number of nitrogens with zero attached hydrogens (tertiary/aromatic N) is 3. The van der Waals surface area contributed by atoms with Crippen LogP contribution in [0.3, 0.4) is 0 Å². The Labute approximate surface area is 226 Å². The zero-order valence-corrected chi connectivity index (χ0v) is 21.9. The van der Waals surface area contributed by atoms with E-state index in [1.165, 1.54) is 30.3 Å². The molecule has 0 aromatic heterocycles. The number of nitrogens with one attached hydrogen (secondary N) is 1. The minimum Gasteiger partial charge on any atom is -0.406 e. The van der Waals surface area contributed by atoms with Gasteiger partial charge in [0.2, 0.25) is 5.91 Å². The second-order valence-electron chi connectivity index (χ2n) is 10.7. The molecule has 3 aliphatic rings. The number of amides is 2. The predicted octanol–water partition coefficient (Wildman–Crippen LogP) is 4.16. The van der Waals surface area contributed by atoms with Crippen LogP contribution in [0.2, 0.25) is 0 Å². The number of likely N-dealkylation sites (tertiary alicyclic amines) is 1. The Kier molecular flexibility index (Phi) is 7.57. The lowest BCUT2D eigenvalue weighted by molar-refractivity contribution is -0.274. The van der Waals surface area contributed by atoms with Gasteiger partial charge in [-0.3, -0.25) is 9.59 Å². The lowest BCUT2D eigenvalue weighted by Gasteiger charge is -2.34. The fourth-order valence-electron chi connectivity index (χ4n) is 5.46. The van der Waals surface area contributed by atoms with E-state index in [0.29, 0.717) is 24.2 Å². The van der Waals surface area contributed by atoms with E-state index in [4.69, 9.17) is 0 Å². The van der Waals surface area contributed by atoms with Crippen molar-refractivity contribution in [2.24, 2.45) is 5.41 Å². The number of likely N-dealkylation sites (N-methyl/N-ethyl adjacent to an activating group) is 1. The van der Waals surface area contributed by atoms with Gasteiger partial charge in [-0.05, 0) is 79.8 Å². The molecule has 39 heavy (non-hydrogen) atoms. The van der Waals surface area contributed by atoms with Crippen molar-refractivity contribution >= 4 is 23.6 Å². The molecule has 1 unspecified atom stereocenters. The summed E-state index contributed by atoms with van der Waals surface area (Å²) in [6, 6.07) is 13.3. The van der Waals surface area contributed by atoms with Crippen LogP contribution in [0.1, 0.15) is 35.2 Å². The molecular formula is C29H33F3N4O3. The Bertz CT molecular complexity index is 1200. The highest BCUT2D eigenvalue weighted by molar-refractivity contribution is 5.95. The Morgan fingerprint density at radius 3 is 2.21 bits per heavy atom. The van der Waals surface area contributed by atoms with Crippen LogP contribution in [0.5, 0.6) is 5.75 Å². The van der Waals surface area contributed by atoms with Gasteiger partial charge >= 0.3 is 6.36 Å². The van der Waals surface area contributed by atoms with E-state index in [0.717, 1.165) is 51.1 Å². The van der Waals surface area contributed by atoms with E-state index in [1.54, 1.807) is 11.0 Å². The number of carbonyl (C=O) groups excluding carboxylic acids is 2. The maximum absolute atomic E-state index is 12.9. The Morgan fingerprint density at radius 2 is 1.59 bits per heavy atom. The van der Waals surface area contributed by atoms with Crippen molar-refractivity contribution in [1.29, 1.82) is 0 Å². The molecule has 1 atom stereocenters. The summed E-state index contributed by atoms with van der Waals surface area (Å²) in [6.07, 6.45) is 0.850. The minimum atomic E-state index is -4.74.